The molecule has 2 rings (SSSR count). The molecule has 3 nitrogen and oxygen atoms in total. The third kappa shape index (κ3) is 3.77. The van der Waals surface area contributed by atoms with Crippen LogP contribution < -0.4 is 10.6 Å². The van der Waals surface area contributed by atoms with Crippen molar-refractivity contribution in [3.63, 3.8) is 0 Å². The van der Waals surface area contributed by atoms with Gasteiger partial charge in [0.1, 0.15) is 0 Å². The molecule has 0 aliphatic heterocycles. The van der Waals surface area contributed by atoms with Gasteiger partial charge in [-0.15, -0.1) is 0 Å². The lowest BCUT2D eigenvalue weighted by Gasteiger charge is -2.09. The Morgan fingerprint density at radius 2 is 2.12 bits per heavy atom. The average Bonchev–Trinajstić information content (AvgIpc) is 3.05. The van der Waals surface area contributed by atoms with E-state index in [4.69, 9.17) is 0 Å². The third-order valence-electron chi connectivity index (χ3n) is 3.09. The highest BCUT2D eigenvalue weighted by Gasteiger charge is 2.22. The Hall–Kier alpha value is -1.51. The van der Waals surface area contributed by atoms with Crippen LogP contribution in [0.2, 0.25) is 0 Å². The molecule has 1 aliphatic rings. The van der Waals surface area contributed by atoms with Crippen LogP contribution in [0.3, 0.4) is 0 Å². The Labute approximate surface area is 103 Å². The van der Waals surface area contributed by atoms with Gasteiger partial charge in [-0.2, -0.15) is 0 Å². The summed E-state index contributed by atoms with van der Waals surface area (Å²) < 4.78 is 0. The van der Waals surface area contributed by atoms with E-state index in [1.54, 1.807) is 0 Å². The van der Waals surface area contributed by atoms with Crippen LogP contribution in [0.1, 0.15) is 29.5 Å². The lowest BCUT2D eigenvalue weighted by Crippen LogP contribution is -2.37. The highest BCUT2D eigenvalue weighted by molar-refractivity contribution is 5.74. The van der Waals surface area contributed by atoms with Crippen LogP contribution in [0.4, 0.5) is 4.79 Å². The SMILES string of the molecule is Cc1ccc(CCNC(=O)NC2CC2)c(C)c1. The molecule has 0 bridgehead atoms. The van der Waals surface area contributed by atoms with E-state index >= 15 is 0 Å². The summed E-state index contributed by atoms with van der Waals surface area (Å²) in [7, 11) is 0. The van der Waals surface area contributed by atoms with E-state index in [2.05, 4.69) is 42.7 Å². The van der Waals surface area contributed by atoms with Gasteiger partial charge in [0.25, 0.3) is 0 Å². The fourth-order valence-corrected chi connectivity index (χ4v) is 1.90. The van der Waals surface area contributed by atoms with Crippen LogP contribution >= 0.6 is 0 Å². The second-order valence-corrected chi connectivity index (χ2v) is 4.85. The first kappa shape index (κ1) is 12.0. The summed E-state index contributed by atoms with van der Waals surface area (Å²) in [6, 6.07) is 6.84. The predicted molar refractivity (Wildman–Crippen MR) is 69.2 cm³/mol. The van der Waals surface area contributed by atoms with Gasteiger partial charge in [-0.3, -0.25) is 0 Å². The Morgan fingerprint density at radius 1 is 1.35 bits per heavy atom. The van der Waals surface area contributed by atoms with E-state index in [9.17, 15) is 4.79 Å². The number of urea groups is 1. The topological polar surface area (TPSA) is 41.1 Å². The van der Waals surface area contributed by atoms with Crippen LogP contribution in [0.15, 0.2) is 18.2 Å². The second kappa shape index (κ2) is 5.21. The van der Waals surface area contributed by atoms with Gasteiger partial charge >= 0.3 is 6.03 Å². The molecule has 1 saturated carbocycles. The molecule has 1 aliphatic carbocycles. The first-order valence-electron chi connectivity index (χ1n) is 6.25. The number of carbonyl (C=O) groups excluding carboxylic acids is 1. The molecular weight excluding hydrogens is 212 g/mol. The number of aryl methyl sites for hydroxylation is 2. The van der Waals surface area contributed by atoms with Crippen LogP contribution in [-0.2, 0) is 6.42 Å². The highest BCUT2D eigenvalue weighted by atomic mass is 16.2. The molecule has 0 radical (unpaired) electrons. The summed E-state index contributed by atoms with van der Waals surface area (Å²) in [4.78, 5) is 11.4. The molecule has 3 heteroatoms. The van der Waals surface area contributed by atoms with E-state index in [0.717, 1.165) is 19.3 Å². The maximum atomic E-state index is 11.4. The van der Waals surface area contributed by atoms with Gasteiger partial charge < -0.3 is 10.6 Å². The van der Waals surface area contributed by atoms with Gasteiger partial charge in [-0.05, 0) is 44.2 Å². The highest BCUT2D eigenvalue weighted by Crippen LogP contribution is 2.18. The van der Waals surface area contributed by atoms with Gasteiger partial charge in [0.2, 0.25) is 0 Å². The smallest absolute Gasteiger partial charge is 0.315 e. The number of rotatable bonds is 4. The van der Waals surface area contributed by atoms with Crippen LogP contribution in [-0.4, -0.2) is 18.6 Å². The standard InChI is InChI=1S/C14H20N2O/c1-10-3-4-12(11(2)9-10)7-8-15-14(17)16-13-5-6-13/h3-4,9,13H,5-8H2,1-2H3,(H2,15,16,17). The molecule has 0 atom stereocenters. The van der Waals surface area contributed by atoms with Gasteiger partial charge in [0.05, 0.1) is 0 Å². The molecule has 92 valence electrons. The predicted octanol–water partition coefficient (Wildman–Crippen LogP) is 2.31. The van der Waals surface area contributed by atoms with Gasteiger partial charge in [0, 0.05) is 12.6 Å². The van der Waals surface area contributed by atoms with Gasteiger partial charge in [-0.25, -0.2) is 4.79 Å². The molecular formula is C14H20N2O. The van der Waals surface area contributed by atoms with E-state index in [0.29, 0.717) is 12.6 Å². The molecule has 0 spiro atoms. The molecule has 0 heterocycles. The van der Waals surface area contributed by atoms with Crippen LogP contribution in [0.25, 0.3) is 0 Å². The minimum Gasteiger partial charge on any atom is -0.338 e. The first-order valence-corrected chi connectivity index (χ1v) is 6.25. The third-order valence-corrected chi connectivity index (χ3v) is 3.09. The average molecular weight is 232 g/mol. The fourth-order valence-electron chi connectivity index (χ4n) is 1.90. The number of benzene rings is 1. The van der Waals surface area contributed by atoms with Crippen molar-refractivity contribution in [2.24, 2.45) is 0 Å². The Morgan fingerprint density at radius 3 is 2.76 bits per heavy atom. The molecule has 2 N–H and O–H groups in total. The molecule has 2 amide bonds. The lowest BCUT2D eigenvalue weighted by atomic mass is 10.0. The van der Waals surface area contributed by atoms with Crippen molar-refractivity contribution in [3.05, 3.63) is 34.9 Å². The Kier molecular flexibility index (Phi) is 3.67. The molecule has 1 fully saturated rings. The maximum absolute atomic E-state index is 11.4. The molecule has 1 aromatic rings. The summed E-state index contributed by atoms with van der Waals surface area (Å²) >= 11 is 0. The molecule has 0 unspecified atom stereocenters. The number of amides is 2. The molecule has 0 saturated heterocycles. The minimum atomic E-state index is -0.0303. The Balaban J connectivity index is 1.75. The van der Waals surface area contributed by atoms with Crippen molar-refractivity contribution >= 4 is 6.03 Å². The largest absolute Gasteiger partial charge is 0.338 e. The van der Waals surface area contributed by atoms with E-state index in [1.807, 2.05) is 0 Å². The second-order valence-electron chi connectivity index (χ2n) is 4.85. The zero-order chi connectivity index (χ0) is 12.3. The van der Waals surface area contributed by atoms with Crippen molar-refractivity contribution in [3.8, 4) is 0 Å². The van der Waals surface area contributed by atoms with Gasteiger partial charge in [0.15, 0.2) is 0 Å². The summed E-state index contributed by atoms with van der Waals surface area (Å²) in [5.41, 5.74) is 3.89. The van der Waals surface area contributed by atoms with Gasteiger partial charge in [-0.1, -0.05) is 23.8 Å². The molecule has 0 aromatic heterocycles. The number of carbonyl (C=O) groups is 1. The summed E-state index contributed by atoms with van der Waals surface area (Å²) in [5.74, 6) is 0. The van der Waals surface area contributed by atoms with E-state index < -0.39 is 0 Å². The normalized spacial score (nSPS) is 14.5. The lowest BCUT2D eigenvalue weighted by molar-refractivity contribution is 0.240. The van der Waals surface area contributed by atoms with Crippen molar-refractivity contribution in [2.75, 3.05) is 6.54 Å². The van der Waals surface area contributed by atoms with Crippen molar-refractivity contribution in [2.45, 2.75) is 39.2 Å². The summed E-state index contributed by atoms with van der Waals surface area (Å²) in [6.45, 7) is 4.91. The van der Waals surface area contributed by atoms with Crippen molar-refractivity contribution in [1.29, 1.82) is 0 Å². The first-order chi connectivity index (χ1) is 8.15. The Bertz CT molecular complexity index is 411. The number of hydrogen-bond donors (Lipinski definition) is 2. The molecule has 1 aromatic carbocycles. The van der Waals surface area contributed by atoms with E-state index in [1.165, 1.54) is 16.7 Å². The zero-order valence-corrected chi connectivity index (χ0v) is 10.5. The van der Waals surface area contributed by atoms with Crippen molar-refractivity contribution < 1.29 is 4.79 Å². The quantitative estimate of drug-likeness (QED) is 0.821. The minimum absolute atomic E-state index is 0.0303. The molecule has 17 heavy (non-hydrogen) atoms. The fraction of sp³-hybridized carbons (Fsp3) is 0.500. The van der Waals surface area contributed by atoms with E-state index in [-0.39, 0.29) is 6.03 Å². The summed E-state index contributed by atoms with van der Waals surface area (Å²) in [5, 5.41) is 5.81. The number of nitrogens with one attached hydrogen (secondary N) is 2. The monoisotopic (exact) mass is 232 g/mol. The van der Waals surface area contributed by atoms with Crippen LogP contribution in [0, 0.1) is 13.8 Å². The van der Waals surface area contributed by atoms with Crippen molar-refractivity contribution in [1.82, 2.24) is 10.6 Å². The number of hydrogen-bond acceptors (Lipinski definition) is 1. The zero-order valence-electron chi connectivity index (χ0n) is 10.5. The maximum Gasteiger partial charge on any atom is 0.315 e. The summed E-state index contributed by atoms with van der Waals surface area (Å²) in [6.07, 6.45) is 3.15. The van der Waals surface area contributed by atoms with Crippen LogP contribution in [0.5, 0.6) is 0 Å².